The van der Waals surface area contributed by atoms with Crippen LogP contribution in [0.3, 0.4) is 0 Å². The third kappa shape index (κ3) is 5.40. The van der Waals surface area contributed by atoms with Crippen molar-refractivity contribution in [3.05, 3.63) is 18.3 Å². The van der Waals surface area contributed by atoms with Crippen molar-refractivity contribution in [2.45, 2.75) is 45.3 Å². The molecule has 0 radical (unpaired) electrons. The van der Waals surface area contributed by atoms with E-state index in [1.165, 1.54) is 6.20 Å². The Morgan fingerprint density at radius 3 is 2.48 bits per heavy atom. The largest absolute Gasteiger partial charge is 0.490 e. The lowest BCUT2D eigenvalue weighted by molar-refractivity contribution is 0.0210. The summed E-state index contributed by atoms with van der Waals surface area (Å²) < 4.78 is 5.37. The summed E-state index contributed by atoms with van der Waals surface area (Å²) in [4.78, 5) is 17.9. The van der Waals surface area contributed by atoms with E-state index in [-0.39, 0.29) is 12.1 Å². The predicted molar refractivity (Wildman–Crippen MR) is 88.5 cm³/mol. The molecule has 0 spiro atoms. The number of piperidine rings is 1. The molecule has 2 heterocycles. The molecule has 1 aromatic heterocycles. The average molecular weight is 321 g/mol. The summed E-state index contributed by atoms with van der Waals surface area (Å²) in [5, 5.41) is 21.4. The van der Waals surface area contributed by atoms with Crippen molar-refractivity contribution in [1.29, 1.82) is 0 Å². The molecule has 23 heavy (non-hydrogen) atoms. The Labute approximate surface area is 136 Å². The van der Waals surface area contributed by atoms with E-state index in [1.54, 1.807) is 17.0 Å². The highest BCUT2D eigenvalue weighted by Gasteiger charge is 2.26. The molecule has 7 nitrogen and oxygen atoms in total. The van der Waals surface area contributed by atoms with Gasteiger partial charge in [-0.1, -0.05) is 6.07 Å². The Balaban J connectivity index is 1.81. The third-order valence-corrected chi connectivity index (χ3v) is 3.58. The number of hydrogen-bond donors (Lipinski definition) is 3. The minimum atomic E-state index is -1.51. The van der Waals surface area contributed by atoms with Crippen LogP contribution >= 0.6 is 0 Å². The molecule has 2 rings (SSSR count). The first-order chi connectivity index (χ1) is 10.7. The maximum absolute atomic E-state index is 12.0. The molecule has 126 valence electrons. The molecule has 1 saturated heterocycles. The molecule has 1 aromatic rings. The van der Waals surface area contributed by atoms with Gasteiger partial charge >= 0.3 is 13.2 Å². The number of anilines is 1. The zero-order chi connectivity index (χ0) is 17.0. The third-order valence-electron chi connectivity index (χ3n) is 3.58. The van der Waals surface area contributed by atoms with Gasteiger partial charge in [-0.05, 0) is 39.7 Å². The highest BCUT2D eigenvalue weighted by molar-refractivity contribution is 6.58. The number of carbonyl (C=O) groups is 1. The lowest BCUT2D eigenvalue weighted by atomic mass is 9.82. The molecule has 0 saturated carbocycles. The minimum absolute atomic E-state index is 0.228. The zero-order valence-corrected chi connectivity index (χ0v) is 13.8. The van der Waals surface area contributed by atoms with Gasteiger partial charge in [-0.2, -0.15) is 0 Å². The first-order valence-electron chi connectivity index (χ1n) is 7.81. The monoisotopic (exact) mass is 321 g/mol. The number of likely N-dealkylation sites (tertiary alicyclic amines) is 1. The highest BCUT2D eigenvalue weighted by atomic mass is 16.6. The van der Waals surface area contributed by atoms with Gasteiger partial charge in [-0.3, -0.25) is 0 Å². The molecule has 3 N–H and O–H groups in total. The molecule has 0 unspecified atom stereocenters. The summed E-state index contributed by atoms with van der Waals surface area (Å²) in [7, 11) is -1.51. The summed E-state index contributed by atoms with van der Waals surface area (Å²) >= 11 is 0. The maximum Gasteiger partial charge on any atom is 0.490 e. The van der Waals surface area contributed by atoms with Crippen molar-refractivity contribution in [3.8, 4) is 0 Å². The van der Waals surface area contributed by atoms with E-state index < -0.39 is 12.7 Å². The van der Waals surface area contributed by atoms with Crippen LogP contribution in [0.15, 0.2) is 18.3 Å². The van der Waals surface area contributed by atoms with Crippen molar-refractivity contribution in [2.24, 2.45) is 0 Å². The number of pyridine rings is 1. The number of amides is 1. The molecule has 1 fully saturated rings. The zero-order valence-electron chi connectivity index (χ0n) is 13.8. The maximum atomic E-state index is 12.0. The van der Waals surface area contributed by atoms with Crippen molar-refractivity contribution in [3.63, 3.8) is 0 Å². The van der Waals surface area contributed by atoms with E-state index >= 15 is 0 Å². The SMILES string of the molecule is CC(C)(C)OC(=O)N1CCC(Nc2ccc(B(O)O)cn2)CC1. The van der Waals surface area contributed by atoms with E-state index in [4.69, 9.17) is 14.8 Å². The topological polar surface area (TPSA) is 94.9 Å². The van der Waals surface area contributed by atoms with Gasteiger partial charge in [0.05, 0.1) is 0 Å². The van der Waals surface area contributed by atoms with E-state index in [1.807, 2.05) is 20.8 Å². The fourth-order valence-electron chi connectivity index (χ4n) is 2.39. The summed E-state index contributed by atoms with van der Waals surface area (Å²) in [5.74, 6) is 0.685. The predicted octanol–water partition coefficient (Wildman–Crippen LogP) is 0.573. The summed E-state index contributed by atoms with van der Waals surface area (Å²) in [6.45, 7) is 6.85. The van der Waals surface area contributed by atoms with Gasteiger partial charge in [0.15, 0.2) is 0 Å². The van der Waals surface area contributed by atoms with Crippen LogP contribution in [-0.2, 0) is 4.74 Å². The van der Waals surface area contributed by atoms with Crippen LogP contribution in [0.4, 0.5) is 10.6 Å². The van der Waals surface area contributed by atoms with E-state index in [0.29, 0.717) is 24.4 Å². The molecule has 8 heteroatoms. The first-order valence-corrected chi connectivity index (χ1v) is 7.81. The normalized spacial score (nSPS) is 16.1. The smallest absolute Gasteiger partial charge is 0.444 e. The van der Waals surface area contributed by atoms with Gasteiger partial charge in [0.1, 0.15) is 11.4 Å². The fourth-order valence-corrected chi connectivity index (χ4v) is 2.39. The Morgan fingerprint density at radius 1 is 1.35 bits per heavy atom. The molecular weight excluding hydrogens is 297 g/mol. The molecule has 0 aliphatic carbocycles. The molecule has 0 bridgehead atoms. The van der Waals surface area contributed by atoms with Crippen molar-refractivity contribution in [1.82, 2.24) is 9.88 Å². The van der Waals surface area contributed by atoms with Gasteiger partial charge in [0.2, 0.25) is 0 Å². The minimum Gasteiger partial charge on any atom is -0.444 e. The number of rotatable bonds is 3. The quantitative estimate of drug-likeness (QED) is 0.705. The second-order valence-electron chi connectivity index (χ2n) is 6.74. The van der Waals surface area contributed by atoms with Crippen LogP contribution in [0.1, 0.15) is 33.6 Å². The summed E-state index contributed by atoms with van der Waals surface area (Å²) in [5.41, 5.74) is -0.120. The van der Waals surface area contributed by atoms with E-state index in [2.05, 4.69) is 10.3 Å². The molecular formula is C15H24BN3O4. The number of aromatic nitrogens is 1. The van der Waals surface area contributed by atoms with Gasteiger partial charge in [-0.15, -0.1) is 0 Å². The second kappa shape index (κ2) is 7.19. The van der Waals surface area contributed by atoms with E-state index in [0.717, 1.165) is 12.8 Å². The number of nitrogens with one attached hydrogen (secondary N) is 1. The Bertz CT molecular complexity index is 523. The number of carbonyl (C=O) groups excluding carboxylic acids is 1. The van der Waals surface area contributed by atoms with Crippen molar-refractivity contribution in [2.75, 3.05) is 18.4 Å². The van der Waals surface area contributed by atoms with Gasteiger partial charge in [-0.25, -0.2) is 9.78 Å². The standard InChI is InChI=1S/C15H24BN3O4/c1-15(2,3)23-14(20)19-8-6-12(7-9-19)18-13-5-4-11(10-17-13)16(21)22/h4-5,10,12,21-22H,6-9H2,1-3H3,(H,17,18). The van der Waals surface area contributed by atoms with Crippen LogP contribution in [0.5, 0.6) is 0 Å². The second-order valence-corrected chi connectivity index (χ2v) is 6.74. The van der Waals surface area contributed by atoms with Crippen LogP contribution in [0.2, 0.25) is 0 Å². The number of ether oxygens (including phenoxy) is 1. The Kier molecular flexibility index (Phi) is 5.48. The van der Waals surface area contributed by atoms with Gasteiger partial charge < -0.3 is 25.0 Å². The van der Waals surface area contributed by atoms with Crippen LogP contribution < -0.4 is 10.8 Å². The molecule has 0 aromatic carbocycles. The molecule has 1 aliphatic rings. The lowest BCUT2D eigenvalue weighted by Gasteiger charge is -2.33. The Morgan fingerprint density at radius 2 is 2.00 bits per heavy atom. The van der Waals surface area contributed by atoms with Gasteiger partial charge in [0.25, 0.3) is 0 Å². The Hall–Kier alpha value is -1.80. The number of hydrogen-bond acceptors (Lipinski definition) is 6. The molecule has 1 aliphatic heterocycles. The van der Waals surface area contributed by atoms with Crippen LogP contribution in [-0.4, -0.2) is 57.9 Å². The van der Waals surface area contributed by atoms with Crippen molar-refractivity contribution >= 4 is 24.5 Å². The summed E-state index contributed by atoms with van der Waals surface area (Å²) in [6.07, 6.45) is 2.79. The molecule has 1 amide bonds. The number of nitrogens with zero attached hydrogens (tertiary/aromatic N) is 2. The highest BCUT2D eigenvalue weighted by Crippen LogP contribution is 2.17. The molecule has 0 atom stereocenters. The lowest BCUT2D eigenvalue weighted by Crippen LogP contribution is -2.44. The fraction of sp³-hybridized carbons (Fsp3) is 0.600. The van der Waals surface area contributed by atoms with E-state index in [9.17, 15) is 4.79 Å². The van der Waals surface area contributed by atoms with Gasteiger partial charge in [0, 0.05) is 30.8 Å². The first kappa shape index (κ1) is 17.6. The average Bonchev–Trinajstić information content (AvgIpc) is 2.46. The van der Waals surface area contributed by atoms with Crippen molar-refractivity contribution < 1.29 is 19.6 Å². The summed E-state index contributed by atoms with van der Waals surface area (Å²) in [6, 6.07) is 3.57. The van der Waals surface area contributed by atoms with Crippen LogP contribution in [0, 0.1) is 0 Å². The van der Waals surface area contributed by atoms with Crippen LogP contribution in [0.25, 0.3) is 0 Å².